The molecule has 0 aromatic carbocycles. The third-order valence-corrected chi connectivity index (χ3v) is 3.47. The molecule has 0 spiro atoms. The van der Waals surface area contributed by atoms with Crippen molar-refractivity contribution in [2.75, 3.05) is 6.54 Å². The van der Waals surface area contributed by atoms with Crippen molar-refractivity contribution in [3.63, 3.8) is 0 Å². The van der Waals surface area contributed by atoms with Crippen LogP contribution in [-0.4, -0.2) is 29.1 Å². The van der Waals surface area contributed by atoms with Gasteiger partial charge in [-0.1, -0.05) is 0 Å². The van der Waals surface area contributed by atoms with E-state index in [-0.39, 0.29) is 12.5 Å². The highest BCUT2D eigenvalue weighted by Gasteiger charge is 2.47. The summed E-state index contributed by atoms with van der Waals surface area (Å²) in [6.07, 6.45) is -1.56. The van der Waals surface area contributed by atoms with Gasteiger partial charge in [-0.2, -0.15) is 13.2 Å². The van der Waals surface area contributed by atoms with Gasteiger partial charge < -0.3 is 15.1 Å². The highest BCUT2D eigenvalue weighted by molar-refractivity contribution is 5.86. The maximum absolute atomic E-state index is 12.6. The molecule has 2 N–H and O–H groups in total. The molecule has 7 heteroatoms. The van der Waals surface area contributed by atoms with Crippen LogP contribution >= 0.6 is 0 Å². The Balaban J connectivity index is 2.14. The van der Waals surface area contributed by atoms with Crippen LogP contribution < -0.4 is 5.73 Å². The first-order valence-electron chi connectivity index (χ1n) is 6.37. The number of alkyl halides is 3. The van der Waals surface area contributed by atoms with E-state index in [0.717, 1.165) is 17.7 Å². The summed E-state index contributed by atoms with van der Waals surface area (Å²) < 4.78 is 42.9. The zero-order chi connectivity index (χ0) is 15.0. The number of nitrogens with zero attached hydrogens (tertiary/aromatic N) is 1. The van der Waals surface area contributed by atoms with Gasteiger partial charge in [0.2, 0.25) is 5.91 Å². The fourth-order valence-electron chi connectivity index (χ4n) is 2.20. The van der Waals surface area contributed by atoms with Crippen LogP contribution in [0.4, 0.5) is 13.2 Å². The molecule has 4 nitrogen and oxygen atoms in total. The molecule has 0 saturated heterocycles. The second-order valence-electron chi connectivity index (χ2n) is 5.41. The quantitative estimate of drug-likeness (QED) is 0.905. The molecule has 1 atom stereocenters. The minimum atomic E-state index is -4.47. The fourth-order valence-corrected chi connectivity index (χ4v) is 2.20. The van der Waals surface area contributed by atoms with E-state index in [1.54, 1.807) is 6.07 Å². The second kappa shape index (κ2) is 5.12. The molecule has 20 heavy (non-hydrogen) atoms. The number of hydrogen-bond donors (Lipinski definition) is 1. The first-order chi connectivity index (χ1) is 9.20. The molecule has 0 radical (unpaired) electrons. The monoisotopic (exact) mass is 290 g/mol. The van der Waals surface area contributed by atoms with Crippen LogP contribution in [0, 0.1) is 5.92 Å². The maximum atomic E-state index is 12.6. The predicted octanol–water partition coefficient (Wildman–Crippen LogP) is 2.30. The maximum Gasteiger partial charge on any atom is 0.406 e. The summed E-state index contributed by atoms with van der Waals surface area (Å²) in [5.74, 6) is -0.426. The molecule has 1 unspecified atom stereocenters. The third kappa shape index (κ3) is 3.53. The Morgan fingerprint density at radius 2 is 2.15 bits per heavy atom. The van der Waals surface area contributed by atoms with Gasteiger partial charge in [0.05, 0.1) is 18.3 Å². The topological polar surface area (TPSA) is 59.5 Å². The van der Waals surface area contributed by atoms with Gasteiger partial charge in [0.1, 0.15) is 12.3 Å². The Kier molecular flexibility index (Phi) is 3.82. The summed E-state index contributed by atoms with van der Waals surface area (Å²) in [6.45, 7) is -0.0601. The number of furan rings is 1. The van der Waals surface area contributed by atoms with Crippen LogP contribution in [0.3, 0.4) is 0 Å². The van der Waals surface area contributed by atoms with E-state index < -0.39 is 24.2 Å². The van der Waals surface area contributed by atoms with Crippen LogP contribution in [0.15, 0.2) is 22.8 Å². The number of nitrogens with two attached hydrogens (primary N) is 1. The van der Waals surface area contributed by atoms with Crippen LogP contribution in [-0.2, 0) is 11.3 Å². The Hall–Kier alpha value is -1.50. The van der Waals surface area contributed by atoms with Gasteiger partial charge >= 0.3 is 6.18 Å². The number of carbonyl (C=O) groups is 1. The lowest BCUT2D eigenvalue weighted by molar-refractivity contribution is -0.166. The largest absolute Gasteiger partial charge is 0.467 e. The Bertz CT molecular complexity index is 464. The van der Waals surface area contributed by atoms with Crippen LogP contribution in [0.25, 0.3) is 0 Å². The van der Waals surface area contributed by atoms with Gasteiger partial charge in [0.25, 0.3) is 0 Å². The Morgan fingerprint density at radius 1 is 1.50 bits per heavy atom. The lowest BCUT2D eigenvalue weighted by Gasteiger charge is -2.32. The second-order valence-corrected chi connectivity index (χ2v) is 5.41. The van der Waals surface area contributed by atoms with Crippen LogP contribution in [0.5, 0.6) is 0 Å². The van der Waals surface area contributed by atoms with Crippen molar-refractivity contribution in [1.29, 1.82) is 0 Å². The van der Waals surface area contributed by atoms with Gasteiger partial charge in [-0.25, -0.2) is 0 Å². The molecule has 1 heterocycles. The summed E-state index contributed by atoms with van der Waals surface area (Å²) >= 11 is 0. The van der Waals surface area contributed by atoms with Crippen LogP contribution in [0.1, 0.15) is 25.5 Å². The van der Waals surface area contributed by atoms with Crippen molar-refractivity contribution in [3.05, 3.63) is 24.2 Å². The van der Waals surface area contributed by atoms with E-state index in [1.807, 2.05) is 0 Å². The molecule has 1 saturated carbocycles. The molecular formula is C13H17F3N2O2. The number of carbonyl (C=O) groups excluding carboxylic acids is 1. The first-order valence-corrected chi connectivity index (χ1v) is 6.37. The van der Waals surface area contributed by atoms with E-state index in [9.17, 15) is 18.0 Å². The molecular weight excluding hydrogens is 273 g/mol. The van der Waals surface area contributed by atoms with E-state index in [4.69, 9.17) is 10.2 Å². The molecule has 1 amide bonds. The fraction of sp³-hybridized carbons (Fsp3) is 0.615. The van der Waals surface area contributed by atoms with Crippen LogP contribution in [0.2, 0.25) is 0 Å². The third-order valence-electron chi connectivity index (χ3n) is 3.47. The average molecular weight is 290 g/mol. The van der Waals surface area contributed by atoms with Gasteiger partial charge in [-0.15, -0.1) is 0 Å². The van der Waals surface area contributed by atoms with E-state index in [1.165, 1.54) is 19.3 Å². The average Bonchev–Trinajstić information content (AvgIpc) is 3.06. The van der Waals surface area contributed by atoms with Gasteiger partial charge in [0, 0.05) is 0 Å². The minimum Gasteiger partial charge on any atom is -0.467 e. The van der Waals surface area contributed by atoms with E-state index in [0.29, 0.717) is 5.76 Å². The first kappa shape index (κ1) is 14.9. The van der Waals surface area contributed by atoms with Gasteiger partial charge in [-0.3, -0.25) is 4.79 Å². The predicted molar refractivity (Wildman–Crippen MR) is 65.5 cm³/mol. The normalized spacial score (nSPS) is 18.6. The van der Waals surface area contributed by atoms with E-state index >= 15 is 0 Å². The number of amides is 1. The van der Waals surface area contributed by atoms with Crippen molar-refractivity contribution >= 4 is 5.91 Å². The summed E-state index contributed by atoms with van der Waals surface area (Å²) in [5.41, 5.74) is 4.67. The number of halogens is 3. The molecule has 1 aliphatic carbocycles. The zero-order valence-electron chi connectivity index (χ0n) is 11.1. The van der Waals surface area contributed by atoms with Crippen molar-refractivity contribution in [1.82, 2.24) is 4.90 Å². The number of hydrogen-bond acceptors (Lipinski definition) is 3. The Labute approximate surface area is 114 Å². The van der Waals surface area contributed by atoms with Crippen molar-refractivity contribution in [3.8, 4) is 0 Å². The highest BCUT2D eigenvalue weighted by Crippen LogP contribution is 2.39. The molecule has 0 bridgehead atoms. The summed E-state index contributed by atoms with van der Waals surface area (Å²) in [6, 6.07) is 3.09. The molecule has 112 valence electrons. The van der Waals surface area contributed by atoms with Crippen molar-refractivity contribution in [2.45, 2.75) is 38.0 Å². The Morgan fingerprint density at radius 3 is 2.60 bits per heavy atom. The molecule has 0 aliphatic heterocycles. The van der Waals surface area contributed by atoms with Crippen molar-refractivity contribution < 1.29 is 22.4 Å². The summed E-state index contributed by atoms with van der Waals surface area (Å²) in [5, 5.41) is 0. The molecule has 1 aromatic rings. The molecule has 1 aromatic heterocycles. The molecule has 1 aliphatic rings. The lowest BCUT2D eigenvalue weighted by Crippen LogP contribution is -2.56. The van der Waals surface area contributed by atoms with E-state index in [2.05, 4.69) is 0 Å². The zero-order valence-corrected chi connectivity index (χ0v) is 11.1. The smallest absolute Gasteiger partial charge is 0.406 e. The van der Waals surface area contributed by atoms with Gasteiger partial charge in [-0.05, 0) is 37.8 Å². The van der Waals surface area contributed by atoms with Gasteiger partial charge in [0.15, 0.2) is 0 Å². The lowest BCUT2D eigenvalue weighted by atomic mass is 9.95. The summed E-state index contributed by atoms with van der Waals surface area (Å²) in [7, 11) is 0. The minimum absolute atomic E-state index is 0.0395. The SMILES string of the molecule is CC(N)(C(=O)N(Cc1ccco1)CC(F)(F)F)C1CC1. The molecule has 2 rings (SSSR count). The molecule has 1 fully saturated rings. The standard InChI is InChI=1S/C13H17F3N2O2/c1-12(17,9-4-5-9)11(19)18(8-13(14,15)16)7-10-3-2-6-20-10/h2-3,6,9H,4-5,7-8,17H2,1H3. The summed E-state index contributed by atoms with van der Waals surface area (Å²) in [4.78, 5) is 13.0. The van der Waals surface area contributed by atoms with Crippen molar-refractivity contribution in [2.24, 2.45) is 11.7 Å². The highest BCUT2D eigenvalue weighted by atomic mass is 19.4. The number of rotatable bonds is 5.